The van der Waals surface area contributed by atoms with Crippen LogP contribution >= 0.6 is 0 Å². The van der Waals surface area contributed by atoms with Gasteiger partial charge in [0.15, 0.2) is 0 Å². The molecule has 0 bridgehead atoms. The first kappa shape index (κ1) is 30.3. The quantitative estimate of drug-likeness (QED) is 0.352. The van der Waals surface area contributed by atoms with Crippen molar-refractivity contribution < 1.29 is 26.9 Å². The van der Waals surface area contributed by atoms with E-state index in [1.54, 1.807) is 0 Å². The third-order valence-corrected chi connectivity index (χ3v) is 12.5. The SMILES string of the molecule is CC(C)(C)OC(=O)N[C@@H]1C[C@@H](COS(C)(=O)=O)CC[C@H]1CC(C)(C)[Si](O)(c1ccccc1)c1ccccc1. The summed E-state index contributed by atoms with van der Waals surface area (Å²) >= 11 is 0. The summed E-state index contributed by atoms with van der Waals surface area (Å²) in [6.07, 6.45) is 3.37. The second-order valence-electron chi connectivity index (χ2n) is 12.2. The zero-order valence-electron chi connectivity index (χ0n) is 23.4. The first-order valence-electron chi connectivity index (χ1n) is 13.3. The Bertz CT molecular complexity index is 1130. The van der Waals surface area contributed by atoms with Crippen LogP contribution in [0.1, 0.15) is 60.3 Å². The first-order valence-corrected chi connectivity index (χ1v) is 17.0. The van der Waals surface area contributed by atoms with Crippen molar-refractivity contribution in [2.24, 2.45) is 11.8 Å². The maximum Gasteiger partial charge on any atom is 0.407 e. The van der Waals surface area contributed by atoms with Crippen LogP contribution in [0.5, 0.6) is 0 Å². The molecule has 0 aromatic heterocycles. The Hall–Kier alpha value is -2.20. The molecule has 1 amide bonds. The number of benzene rings is 2. The highest BCUT2D eigenvalue weighted by Gasteiger charge is 2.51. The fourth-order valence-electron chi connectivity index (χ4n) is 5.68. The molecule has 9 heteroatoms. The Balaban J connectivity index is 1.91. The van der Waals surface area contributed by atoms with E-state index in [2.05, 4.69) is 19.2 Å². The van der Waals surface area contributed by atoms with E-state index in [4.69, 9.17) is 8.92 Å². The van der Waals surface area contributed by atoms with Crippen molar-refractivity contribution >= 4 is 34.9 Å². The van der Waals surface area contributed by atoms with Crippen LogP contribution in [0.25, 0.3) is 0 Å². The van der Waals surface area contributed by atoms with Gasteiger partial charge in [0.05, 0.1) is 12.9 Å². The van der Waals surface area contributed by atoms with Crippen LogP contribution in [0, 0.1) is 11.8 Å². The number of alkyl carbamates (subject to hydrolysis) is 1. The molecule has 0 saturated heterocycles. The highest BCUT2D eigenvalue weighted by atomic mass is 32.2. The lowest BCUT2D eigenvalue weighted by Gasteiger charge is -2.46. The van der Waals surface area contributed by atoms with Gasteiger partial charge in [0.25, 0.3) is 18.4 Å². The molecule has 0 radical (unpaired) electrons. The van der Waals surface area contributed by atoms with Crippen molar-refractivity contribution in [3.8, 4) is 0 Å². The number of hydrogen-bond acceptors (Lipinski definition) is 6. The topological polar surface area (TPSA) is 102 Å². The molecule has 0 aliphatic heterocycles. The minimum Gasteiger partial charge on any atom is -0.444 e. The number of hydrogen-bond donors (Lipinski definition) is 2. The molecule has 3 atom stereocenters. The van der Waals surface area contributed by atoms with Gasteiger partial charge < -0.3 is 14.8 Å². The lowest BCUT2D eigenvalue weighted by atomic mass is 9.75. The Kier molecular flexibility index (Phi) is 9.50. The van der Waals surface area contributed by atoms with Gasteiger partial charge in [-0.05, 0) is 73.7 Å². The minimum absolute atomic E-state index is 0.0107. The summed E-state index contributed by atoms with van der Waals surface area (Å²) in [5, 5.41) is 4.49. The van der Waals surface area contributed by atoms with Gasteiger partial charge in [-0.1, -0.05) is 74.5 Å². The predicted octanol–water partition coefficient (Wildman–Crippen LogP) is 4.19. The summed E-state index contributed by atoms with van der Waals surface area (Å²) in [5.41, 5.74) is -0.639. The highest BCUT2D eigenvalue weighted by molar-refractivity contribution is 7.85. The van der Waals surface area contributed by atoms with Crippen LogP contribution in [0.3, 0.4) is 0 Å². The number of nitrogens with one attached hydrogen (secondary N) is 1. The molecule has 38 heavy (non-hydrogen) atoms. The van der Waals surface area contributed by atoms with Crippen LogP contribution in [0.15, 0.2) is 60.7 Å². The molecule has 1 saturated carbocycles. The van der Waals surface area contributed by atoms with Gasteiger partial charge >= 0.3 is 6.09 Å². The lowest BCUT2D eigenvalue weighted by molar-refractivity contribution is 0.0430. The van der Waals surface area contributed by atoms with Crippen molar-refractivity contribution in [3.05, 3.63) is 60.7 Å². The normalized spacial score (nSPS) is 21.1. The van der Waals surface area contributed by atoms with E-state index in [-0.39, 0.29) is 24.5 Å². The van der Waals surface area contributed by atoms with E-state index >= 15 is 0 Å². The van der Waals surface area contributed by atoms with Crippen LogP contribution < -0.4 is 15.7 Å². The van der Waals surface area contributed by atoms with E-state index < -0.39 is 35.2 Å². The monoisotopic (exact) mass is 561 g/mol. The number of ether oxygens (including phenoxy) is 1. The number of carbonyl (C=O) groups excluding carboxylic acids is 1. The van der Waals surface area contributed by atoms with Crippen LogP contribution in [0.4, 0.5) is 4.79 Å². The largest absolute Gasteiger partial charge is 0.444 e. The van der Waals surface area contributed by atoms with E-state index in [1.807, 2.05) is 81.4 Å². The molecule has 1 aliphatic carbocycles. The molecule has 2 aromatic rings. The first-order chi connectivity index (χ1) is 17.6. The standard InChI is InChI=1S/C29H43NO6SSi/c1-28(2,3)36-27(31)30-26-19-22(21-35-37(6,32)33)17-18-23(26)20-29(4,5)38(34,24-13-9-7-10-14-24)25-15-11-8-12-16-25/h7-16,22-23,26,34H,17-21H2,1-6H3,(H,30,31)/t22-,23-,26+/m0/s1. The number of carbonyl (C=O) groups is 1. The average molecular weight is 562 g/mol. The van der Waals surface area contributed by atoms with Gasteiger partial charge in [-0.15, -0.1) is 0 Å². The fourth-order valence-corrected chi connectivity index (χ4v) is 9.92. The molecule has 210 valence electrons. The third-order valence-electron chi connectivity index (χ3n) is 7.46. The number of rotatable bonds is 9. The van der Waals surface area contributed by atoms with Crippen LogP contribution in [-0.2, 0) is 19.0 Å². The summed E-state index contributed by atoms with van der Waals surface area (Å²) in [6, 6.07) is 19.6. The molecule has 2 aromatic carbocycles. The predicted molar refractivity (Wildman–Crippen MR) is 154 cm³/mol. The maximum atomic E-state index is 12.8. The second-order valence-corrected chi connectivity index (χ2v) is 17.8. The van der Waals surface area contributed by atoms with Crippen molar-refractivity contribution in [1.29, 1.82) is 0 Å². The molecular formula is C29H43NO6SSi. The van der Waals surface area contributed by atoms with Crippen LogP contribution in [-0.4, -0.2) is 52.1 Å². The molecule has 0 heterocycles. The summed E-state index contributed by atoms with van der Waals surface area (Å²) < 4.78 is 33.8. The molecule has 1 fully saturated rings. The minimum atomic E-state index is -3.55. The van der Waals surface area contributed by atoms with Gasteiger partial charge in [-0.3, -0.25) is 4.18 Å². The summed E-state index contributed by atoms with van der Waals surface area (Å²) in [4.78, 5) is 25.4. The van der Waals surface area contributed by atoms with Crippen LogP contribution in [0.2, 0.25) is 5.04 Å². The fraction of sp³-hybridized carbons (Fsp3) is 0.552. The van der Waals surface area contributed by atoms with Gasteiger partial charge in [-0.25, -0.2) is 4.79 Å². The van der Waals surface area contributed by atoms with Gasteiger partial charge in [0.1, 0.15) is 5.60 Å². The second kappa shape index (κ2) is 11.9. The van der Waals surface area contributed by atoms with E-state index in [9.17, 15) is 18.0 Å². The van der Waals surface area contributed by atoms with Crippen molar-refractivity contribution in [1.82, 2.24) is 5.32 Å². The van der Waals surface area contributed by atoms with Gasteiger partial charge in [0, 0.05) is 6.04 Å². The van der Waals surface area contributed by atoms with Crippen molar-refractivity contribution in [2.75, 3.05) is 12.9 Å². The zero-order chi connectivity index (χ0) is 28.2. The lowest BCUT2D eigenvalue weighted by Crippen LogP contribution is -2.66. The average Bonchev–Trinajstić information content (AvgIpc) is 2.83. The molecule has 3 rings (SSSR count). The Morgan fingerprint density at radius 1 is 0.974 bits per heavy atom. The number of amides is 1. The molecule has 1 aliphatic rings. The third kappa shape index (κ3) is 7.91. The molecule has 2 N–H and O–H groups in total. The highest BCUT2D eigenvalue weighted by Crippen LogP contribution is 2.45. The molecular weight excluding hydrogens is 518 g/mol. The van der Waals surface area contributed by atoms with E-state index in [1.165, 1.54) is 0 Å². The van der Waals surface area contributed by atoms with Crippen molar-refractivity contribution in [2.45, 2.75) is 77.0 Å². The Morgan fingerprint density at radius 3 is 1.97 bits per heavy atom. The summed E-state index contributed by atoms with van der Waals surface area (Å²) in [6.45, 7) is 9.81. The molecule has 7 nitrogen and oxygen atoms in total. The smallest absolute Gasteiger partial charge is 0.407 e. The maximum absolute atomic E-state index is 12.8. The van der Waals surface area contributed by atoms with Crippen molar-refractivity contribution in [3.63, 3.8) is 0 Å². The molecule has 0 spiro atoms. The van der Waals surface area contributed by atoms with E-state index in [0.29, 0.717) is 12.8 Å². The summed E-state index contributed by atoms with van der Waals surface area (Å²) in [7, 11) is -6.78. The Morgan fingerprint density at radius 2 is 1.50 bits per heavy atom. The van der Waals surface area contributed by atoms with Gasteiger partial charge in [0.2, 0.25) is 0 Å². The summed E-state index contributed by atoms with van der Waals surface area (Å²) in [5.74, 6) is 0.0573. The van der Waals surface area contributed by atoms with E-state index in [0.717, 1.165) is 29.5 Å². The van der Waals surface area contributed by atoms with Gasteiger partial charge in [-0.2, -0.15) is 8.42 Å². The Labute approximate surface area is 229 Å². The molecule has 0 unspecified atom stereocenters. The zero-order valence-corrected chi connectivity index (χ0v) is 25.3.